The first-order valence-electron chi connectivity index (χ1n) is 4.22. The van der Waals surface area contributed by atoms with Crippen LogP contribution in [-0.2, 0) is 4.74 Å². The molecule has 0 aromatic rings. The highest BCUT2D eigenvalue weighted by Crippen LogP contribution is 2.21. The Morgan fingerprint density at radius 3 is 2.75 bits per heavy atom. The standard InChI is InChI=1S/C8H16N2O2/c1-6-4-10(8(11)12-2)5-7(6)3-9/h6-7H,3-5,9H2,1-2H3. The molecule has 1 amide bonds. The van der Waals surface area contributed by atoms with Crippen molar-refractivity contribution < 1.29 is 9.53 Å². The van der Waals surface area contributed by atoms with Gasteiger partial charge in [-0.3, -0.25) is 0 Å². The summed E-state index contributed by atoms with van der Waals surface area (Å²) in [7, 11) is 1.41. The number of ether oxygens (including phenoxy) is 1. The third-order valence-corrected chi connectivity index (χ3v) is 2.50. The molecule has 4 heteroatoms. The SMILES string of the molecule is COC(=O)N1CC(C)C(CN)C1. The fourth-order valence-electron chi connectivity index (χ4n) is 1.62. The summed E-state index contributed by atoms with van der Waals surface area (Å²) in [5.74, 6) is 0.929. The molecule has 0 radical (unpaired) electrons. The van der Waals surface area contributed by atoms with Gasteiger partial charge in [0.15, 0.2) is 0 Å². The molecule has 1 aliphatic rings. The monoisotopic (exact) mass is 172 g/mol. The van der Waals surface area contributed by atoms with Crippen molar-refractivity contribution in [3.05, 3.63) is 0 Å². The van der Waals surface area contributed by atoms with Crippen LogP contribution in [0.3, 0.4) is 0 Å². The van der Waals surface area contributed by atoms with E-state index in [2.05, 4.69) is 11.7 Å². The molecule has 0 aromatic carbocycles. The molecule has 2 atom stereocenters. The third-order valence-electron chi connectivity index (χ3n) is 2.50. The van der Waals surface area contributed by atoms with E-state index >= 15 is 0 Å². The lowest BCUT2D eigenvalue weighted by atomic mass is 9.99. The van der Waals surface area contributed by atoms with Gasteiger partial charge in [0.1, 0.15) is 0 Å². The summed E-state index contributed by atoms with van der Waals surface area (Å²) in [5, 5.41) is 0. The Labute approximate surface area is 72.7 Å². The number of methoxy groups -OCH3 is 1. The number of hydrogen-bond acceptors (Lipinski definition) is 3. The summed E-state index contributed by atoms with van der Waals surface area (Å²) in [6, 6.07) is 0. The molecular formula is C8H16N2O2. The molecule has 70 valence electrons. The predicted octanol–water partition coefficient (Wildman–Crippen LogP) is 0.279. The van der Waals surface area contributed by atoms with E-state index in [-0.39, 0.29) is 6.09 Å². The highest BCUT2D eigenvalue weighted by atomic mass is 16.5. The van der Waals surface area contributed by atoms with Crippen LogP contribution in [0.15, 0.2) is 0 Å². The first-order chi connectivity index (χ1) is 5.69. The molecule has 0 bridgehead atoms. The Hall–Kier alpha value is -0.770. The molecule has 1 aliphatic heterocycles. The molecule has 1 rings (SSSR count). The van der Waals surface area contributed by atoms with E-state index in [0.29, 0.717) is 18.4 Å². The van der Waals surface area contributed by atoms with Crippen LogP contribution in [0, 0.1) is 11.8 Å². The Bertz CT molecular complexity index is 172. The molecule has 0 aromatic heterocycles. The summed E-state index contributed by atoms with van der Waals surface area (Å²) in [6.07, 6.45) is -0.238. The van der Waals surface area contributed by atoms with Crippen LogP contribution < -0.4 is 5.73 Å². The normalized spacial score (nSPS) is 29.1. The molecule has 0 saturated carbocycles. The van der Waals surface area contributed by atoms with Gasteiger partial charge in [-0.15, -0.1) is 0 Å². The number of likely N-dealkylation sites (tertiary alicyclic amines) is 1. The lowest BCUT2D eigenvalue weighted by Crippen LogP contribution is -2.29. The molecule has 12 heavy (non-hydrogen) atoms. The number of rotatable bonds is 1. The van der Waals surface area contributed by atoms with Crippen molar-refractivity contribution in [2.75, 3.05) is 26.7 Å². The van der Waals surface area contributed by atoms with Gasteiger partial charge in [-0.2, -0.15) is 0 Å². The molecule has 1 heterocycles. The van der Waals surface area contributed by atoms with Crippen LogP contribution >= 0.6 is 0 Å². The maximum atomic E-state index is 11.1. The maximum Gasteiger partial charge on any atom is 0.409 e. The van der Waals surface area contributed by atoms with Gasteiger partial charge in [0.2, 0.25) is 0 Å². The van der Waals surface area contributed by atoms with Gasteiger partial charge in [0, 0.05) is 13.1 Å². The van der Waals surface area contributed by atoms with E-state index in [1.54, 1.807) is 4.90 Å². The molecule has 2 unspecified atom stereocenters. The van der Waals surface area contributed by atoms with E-state index in [4.69, 9.17) is 5.73 Å². The van der Waals surface area contributed by atoms with Crippen LogP contribution in [-0.4, -0.2) is 37.7 Å². The molecule has 1 saturated heterocycles. The lowest BCUT2D eigenvalue weighted by Gasteiger charge is -2.13. The Morgan fingerprint density at radius 1 is 1.67 bits per heavy atom. The zero-order valence-electron chi connectivity index (χ0n) is 7.62. The molecule has 0 aliphatic carbocycles. The molecular weight excluding hydrogens is 156 g/mol. The zero-order valence-corrected chi connectivity index (χ0v) is 7.62. The molecule has 2 N–H and O–H groups in total. The second-order valence-corrected chi connectivity index (χ2v) is 3.35. The number of hydrogen-bond donors (Lipinski definition) is 1. The smallest absolute Gasteiger partial charge is 0.409 e. The summed E-state index contributed by atoms with van der Waals surface area (Å²) in [5.41, 5.74) is 5.55. The van der Waals surface area contributed by atoms with Crippen LogP contribution in [0.5, 0.6) is 0 Å². The van der Waals surface area contributed by atoms with Gasteiger partial charge < -0.3 is 15.4 Å². The Balaban J connectivity index is 2.48. The van der Waals surface area contributed by atoms with Gasteiger partial charge in [0.25, 0.3) is 0 Å². The van der Waals surface area contributed by atoms with E-state index in [9.17, 15) is 4.79 Å². The minimum atomic E-state index is -0.238. The van der Waals surface area contributed by atoms with E-state index in [1.165, 1.54) is 7.11 Å². The van der Waals surface area contributed by atoms with Gasteiger partial charge in [0.05, 0.1) is 7.11 Å². The van der Waals surface area contributed by atoms with Gasteiger partial charge in [-0.05, 0) is 18.4 Å². The quantitative estimate of drug-likeness (QED) is 0.618. The average molecular weight is 172 g/mol. The Kier molecular flexibility index (Phi) is 2.92. The first-order valence-corrected chi connectivity index (χ1v) is 4.22. The molecule has 1 fully saturated rings. The van der Waals surface area contributed by atoms with Crippen molar-refractivity contribution in [1.29, 1.82) is 0 Å². The second-order valence-electron chi connectivity index (χ2n) is 3.35. The van der Waals surface area contributed by atoms with Crippen molar-refractivity contribution in [2.24, 2.45) is 17.6 Å². The predicted molar refractivity (Wildman–Crippen MR) is 45.7 cm³/mol. The van der Waals surface area contributed by atoms with Gasteiger partial charge in [-0.1, -0.05) is 6.92 Å². The zero-order chi connectivity index (χ0) is 9.14. The number of carbonyl (C=O) groups is 1. The van der Waals surface area contributed by atoms with E-state index in [0.717, 1.165) is 13.1 Å². The van der Waals surface area contributed by atoms with Crippen LogP contribution in [0.1, 0.15) is 6.92 Å². The van der Waals surface area contributed by atoms with Crippen LogP contribution in [0.4, 0.5) is 4.79 Å². The minimum Gasteiger partial charge on any atom is -0.453 e. The van der Waals surface area contributed by atoms with Crippen molar-refractivity contribution in [3.8, 4) is 0 Å². The highest BCUT2D eigenvalue weighted by Gasteiger charge is 2.31. The topological polar surface area (TPSA) is 55.6 Å². The third kappa shape index (κ3) is 1.69. The number of carbonyl (C=O) groups excluding carboxylic acids is 1. The van der Waals surface area contributed by atoms with Gasteiger partial charge in [-0.25, -0.2) is 4.79 Å². The fourth-order valence-corrected chi connectivity index (χ4v) is 1.62. The van der Waals surface area contributed by atoms with Crippen molar-refractivity contribution in [2.45, 2.75) is 6.92 Å². The van der Waals surface area contributed by atoms with E-state index in [1.807, 2.05) is 0 Å². The van der Waals surface area contributed by atoms with Crippen molar-refractivity contribution in [1.82, 2.24) is 4.90 Å². The van der Waals surface area contributed by atoms with E-state index < -0.39 is 0 Å². The van der Waals surface area contributed by atoms with Crippen LogP contribution in [0.25, 0.3) is 0 Å². The number of nitrogens with two attached hydrogens (primary N) is 1. The Morgan fingerprint density at radius 2 is 2.33 bits per heavy atom. The molecule has 4 nitrogen and oxygen atoms in total. The lowest BCUT2D eigenvalue weighted by molar-refractivity contribution is 0.131. The summed E-state index contributed by atoms with van der Waals surface area (Å²) < 4.78 is 4.62. The van der Waals surface area contributed by atoms with Crippen molar-refractivity contribution in [3.63, 3.8) is 0 Å². The summed E-state index contributed by atoms with van der Waals surface area (Å²) >= 11 is 0. The fraction of sp³-hybridized carbons (Fsp3) is 0.875. The first kappa shape index (κ1) is 9.32. The minimum absolute atomic E-state index is 0.238. The largest absolute Gasteiger partial charge is 0.453 e. The maximum absolute atomic E-state index is 11.1. The second kappa shape index (κ2) is 3.76. The number of amides is 1. The highest BCUT2D eigenvalue weighted by molar-refractivity contribution is 5.67. The summed E-state index contributed by atoms with van der Waals surface area (Å²) in [4.78, 5) is 12.8. The summed E-state index contributed by atoms with van der Waals surface area (Å²) in [6.45, 7) is 4.27. The van der Waals surface area contributed by atoms with Crippen molar-refractivity contribution >= 4 is 6.09 Å². The average Bonchev–Trinajstić information content (AvgIpc) is 2.45. The van der Waals surface area contributed by atoms with Gasteiger partial charge >= 0.3 is 6.09 Å². The van der Waals surface area contributed by atoms with Crippen LogP contribution in [0.2, 0.25) is 0 Å². The number of nitrogens with zero attached hydrogens (tertiary/aromatic N) is 1. The molecule has 0 spiro atoms.